The zero-order valence-corrected chi connectivity index (χ0v) is 16.6. The van der Waals surface area contributed by atoms with E-state index in [4.69, 9.17) is 21.3 Å². The predicted octanol–water partition coefficient (Wildman–Crippen LogP) is 2.98. The highest BCUT2D eigenvalue weighted by Gasteiger charge is 2.15. The Morgan fingerprint density at radius 2 is 2.00 bits per heavy atom. The Morgan fingerprint density at radius 1 is 1.17 bits per heavy atom. The normalized spacial score (nSPS) is 13.9. The number of amides is 1. The zero-order chi connectivity index (χ0) is 20.2. The number of benzene rings is 1. The number of nitrogens with one attached hydrogen (secondary N) is 1. The maximum atomic E-state index is 12.4. The van der Waals surface area contributed by atoms with E-state index in [0.717, 1.165) is 35.7 Å². The fourth-order valence-corrected chi connectivity index (χ4v) is 3.20. The molecule has 0 spiro atoms. The van der Waals surface area contributed by atoms with Gasteiger partial charge in [-0.15, -0.1) is 5.10 Å². The first-order valence-electron chi connectivity index (χ1n) is 9.15. The van der Waals surface area contributed by atoms with E-state index in [9.17, 15) is 4.79 Å². The minimum Gasteiger partial charge on any atom is -0.378 e. The number of carbonyl (C=O) groups is 1. The summed E-state index contributed by atoms with van der Waals surface area (Å²) in [7, 11) is 0. The van der Waals surface area contributed by atoms with E-state index < -0.39 is 0 Å². The highest BCUT2D eigenvalue weighted by molar-refractivity contribution is 6.30. The van der Waals surface area contributed by atoms with Crippen molar-refractivity contribution < 1.29 is 9.53 Å². The van der Waals surface area contributed by atoms with Crippen molar-refractivity contribution in [2.24, 2.45) is 0 Å². The molecule has 1 saturated heterocycles. The van der Waals surface area contributed by atoms with E-state index in [1.807, 2.05) is 25.1 Å². The first kappa shape index (κ1) is 19.2. The molecule has 0 radical (unpaired) electrons. The molecule has 1 fully saturated rings. The van der Waals surface area contributed by atoms with E-state index >= 15 is 0 Å². The average Bonchev–Trinajstić information content (AvgIpc) is 2.76. The summed E-state index contributed by atoms with van der Waals surface area (Å²) in [5, 5.41) is 10.7. The summed E-state index contributed by atoms with van der Waals surface area (Å²) >= 11 is 5.89. The summed E-state index contributed by atoms with van der Waals surface area (Å²) < 4.78 is 5.40. The van der Waals surface area contributed by atoms with Crippen molar-refractivity contribution in [3.05, 3.63) is 59.1 Å². The van der Waals surface area contributed by atoms with Gasteiger partial charge in [0.15, 0.2) is 5.69 Å². The van der Waals surface area contributed by atoms with Gasteiger partial charge < -0.3 is 15.0 Å². The molecule has 0 atom stereocenters. The summed E-state index contributed by atoms with van der Waals surface area (Å²) in [4.78, 5) is 23.7. The molecule has 0 aliphatic carbocycles. The van der Waals surface area contributed by atoms with Crippen molar-refractivity contribution >= 4 is 29.0 Å². The van der Waals surface area contributed by atoms with Crippen LogP contribution in [-0.2, 0) is 4.74 Å². The van der Waals surface area contributed by atoms with Crippen LogP contribution in [0.5, 0.6) is 0 Å². The van der Waals surface area contributed by atoms with Gasteiger partial charge in [-0.25, -0.2) is 4.98 Å². The minimum absolute atomic E-state index is 0.147. The molecule has 0 unspecified atom stereocenters. The topological polar surface area (TPSA) is 93.1 Å². The van der Waals surface area contributed by atoms with Crippen LogP contribution in [0.2, 0.25) is 5.02 Å². The third-order valence-corrected chi connectivity index (χ3v) is 4.79. The van der Waals surface area contributed by atoms with E-state index in [1.54, 1.807) is 12.4 Å². The molecule has 148 valence electrons. The molecule has 2 aromatic heterocycles. The van der Waals surface area contributed by atoms with Crippen molar-refractivity contribution in [1.82, 2.24) is 20.2 Å². The van der Waals surface area contributed by atoms with Crippen LogP contribution in [0.1, 0.15) is 16.1 Å². The highest BCUT2D eigenvalue weighted by atomic mass is 35.5. The van der Waals surface area contributed by atoms with Gasteiger partial charge >= 0.3 is 0 Å². The Hall–Kier alpha value is -3.10. The Labute approximate surface area is 172 Å². The smallest absolute Gasteiger partial charge is 0.276 e. The number of aryl methyl sites for hydroxylation is 1. The molecule has 3 aromatic rings. The van der Waals surface area contributed by atoms with Crippen LogP contribution in [0.3, 0.4) is 0 Å². The van der Waals surface area contributed by atoms with Gasteiger partial charge in [0.1, 0.15) is 5.82 Å². The first-order chi connectivity index (χ1) is 14.1. The lowest BCUT2D eigenvalue weighted by Crippen LogP contribution is -2.36. The van der Waals surface area contributed by atoms with Crippen LogP contribution in [0.4, 0.5) is 11.5 Å². The summed E-state index contributed by atoms with van der Waals surface area (Å²) in [5.74, 6) is 0.428. The number of anilines is 2. The fourth-order valence-electron chi connectivity index (χ4n) is 3.06. The number of halogens is 1. The first-order valence-corrected chi connectivity index (χ1v) is 9.53. The molecule has 3 heterocycles. The van der Waals surface area contributed by atoms with Crippen molar-refractivity contribution in [1.29, 1.82) is 0 Å². The maximum absolute atomic E-state index is 12.4. The lowest BCUT2D eigenvalue weighted by molar-refractivity contribution is 0.102. The van der Waals surface area contributed by atoms with E-state index in [1.165, 1.54) is 12.3 Å². The Morgan fingerprint density at radius 3 is 2.79 bits per heavy atom. The second-order valence-corrected chi connectivity index (χ2v) is 7.04. The second kappa shape index (κ2) is 8.50. The van der Waals surface area contributed by atoms with Gasteiger partial charge in [0.25, 0.3) is 5.91 Å². The third-order valence-electron chi connectivity index (χ3n) is 4.58. The largest absolute Gasteiger partial charge is 0.378 e. The van der Waals surface area contributed by atoms with Gasteiger partial charge in [0, 0.05) is 24.3 Å². The number of aromatic nitrogens is 4. The van der Waals surface area contributed by atoms with Crippen LogP contribution < -0.4 is 10.2 Å². The molecular weight excluding hydrogens is 392 g/mol. The number of nitrogens with zero attached hydrogens (tertiary/aromatic N) is 5. The number of hydrogen-bond acceptors (Lipinski definition) is 7. The molecule has 8 nitrogen and oxygen atoms in total. The van der Waals surface area contributed by atoms with E-state index in [0.29, 0.717) is 23.9 Å². The minimum atomic E-state index is -0.386. The summed E-state index contributed by atoms with van der Waals surface area (Å²) in [5.41, 5.74) is 3.43. The molecule has 1 amide bonds. The lowest BCUT2D eigenvalue weighted by atomic mass is 10.0. The van der Waals surface area contributed by atoms with Gasteiger partial charge in [0.2, 0.25) is 0 Å². The maximum Gasteiger partial charge on any atom is 0.276 e. The molecule has 1 aliphatic rings. The highest BCUT2D eigenvalue weighted by Crippen LogP contribution is 2.26. The van der Waals surface area contributed by atoms with Crippen LogP contribution in [-0.4, -0.2) is 52.4 Å². The molecule has 1 N–H and O–H groups in total. The summed E-state index contributed by atoms with van der Waals surface area (Å²) in [6, 6.07) is 7.10. The number of morpholine rings is 1. The van der Waals surface area contributed by atoms with Gasteiger partial charge in [-0.1, -0.05) is 17.7 Å². The van der Waals surface area contributed by atoms with Gasteiger partial charge in [-0.3, -0.25) is 9.78 Å². The Balaban J connectivity index is 1.59. The fraction of sp³-hybridized carbons (Fsp3) is 0.250. The number of rotatable bonds is 4. The molecule has 29 heavy (non-hydrogen) atoms. The van der Waals surface area contributed by atoms with Crippen LogP contribution in [0.25, 0.3) is 11.3 Å². The molecule has 9 heteroatoms. The molecule has 4 rings (SSSR count). The SMILES string of the molecule is Cc1ccc(NC(=O)c2cc(Cl)cnn2)cc1-c1cncc(N2CCOCC2)n1. The monoisotopic (exact) mass is 410 g/mol. The molecule has 0 saturated carbocycles. The summed E-state index contributed by atoms with van der Waals surface area (Å²) in [6.07, 6.45) is 4.86. The van der Waals surface area contributed by atoms with Crippen molar-refractivity contribution in [2.45, 2.75) is 6.92 Å². The van der Waals surface area contributed by atoms with Crippen LogP contribution >= 0.6 is 11.6 Å². The molecule has 1 aromatic carbocycles. The predicted molar refractivity (Wildman–Crippen MR) is 110 cm³/mol. The van der Waals surface area contributed by atoms with Gasteiger partial charge in [0.05, 0.1) is 42.5 Å². The number of hydrogen-bond donors (Lipinski definition) is 1. The standard InChI is InChI=1S/C20H19ClN6O2/c1-13-2-3-15(24-20(28)17-8-14(21)10-23-26-17)9-16(13)18-11-22-12-19(25-18)27-4-6-29-7-5-27/h2-3,8-12H,4-7H2,1H3,(H,24,28). The van der Waals surface area contributed by atoms with Crippen LogP contribution in [0.15, 0.2) is 42.9 Å². The lowest BCUT2D eigenvalue weighted by Gasteiger charge is -2.27. The average molecular weight is 411 g/mol. The quantitative estimate of drug-likeness (QED) is 0.706. The Bertz CT molecular complexity index is 1040. The summed E-state index contributed by atoms with van der Waals surface area (Å²) in [6.45, 7) is 4.92. The third kappa shape index (κ3) is 4.49. The van der Waals surface area contributed by atoms with Gasteiger partial charge in [-0.2, -0.15) is 5.10 Å². The number of ether oxygens (including phenoxy) is 1. The van der Waals surface area contributed by atoms with Crippen molar-refractivity contribution in [3.8, 4) is 11.3 Å². The molecule has 0 bridgehead atoms. The van der Waals surface area contributed by atoms with Crippen molar-refractivity contribution in [2.75, 3.05) is 36.5 Å². The number of carbonyl (C=O) groups excluding carboxylic acids is 1. The molecule has 1 aliphatic heterocycles. The van der Waals surface area contributed by atoms with Crippen molar-refractivity contribution in [3.63, 3.8) is 0 Å². The van der Waals surface area contributed by atoms with E-state index in [2.05, 4.69) is 25.4 Å². The van der Waals surface area contributed by atoms with E-state index in [-0.39, 0.29) is 11.6 Å². The Kier molecular flexibility index (Phi) is 5.64. The molecular formula is C20H19ClN6O2. The van der Waals surface area contributed by atoms with Crippen LogP contribution in [0, 0.1) is 6.92 Å². The van der Waals surface area contributed by atoms with Gasteiger partial charge in [-0.05, 0) is 30.7 Å². The second-order valence-electron chi connectivity index (χ2n) is 6.60. The zero-order valence-electron chi connectivity index (χ0n) is 15.8.